The molecular formula is C10H9ClN4O2S. The van der Waals surface area contributed by atoms with Crippen LogP contribution in [-0.4, -0.2) is 18.4 Å². The third-order valence-electron chi connectivity index (χ3n) is 2.08. The lowest BCUT2D eigenvalue weighted by Crippen LogP contribution is -2.15. The molecule has 0 aliphatic carbocycles. The van der Waals surface area contributed by atoms with Crippen molar-refractivity contribution in [2.75, 3.05) is 10.5 Å². The molecule has 0 amide bonds. The van der Waals surface area contributed by atoms with E-state index in [0.29, 0.717) is 0 Å². The van der Waals surface area contributed by atoms with Crippen molar-refractivity contribution in [3.05, 3.63) is 41.8 Å². The van der Waals surface area contributed by atoms with Crippen LogP contribution in [-0.2, 0) is 10.0 Å². The summed E-state index contributed by atoms with van der Waals surface area (Å²) in [7, 11) is -3.83. The van der Waals surface area contributed by atoms with Gasteiger partial charge < -0.3 is 5.73 Å². The number of aromatic nitrogens is 2. The standard InChI is InChI=1S/C10H9ClN4O2S/c11-10-7(12)2-1-3-8(10)18(16,17)15-9-6-13-4-5-14-9/h1-6H,12H2,(H,14,15). The highest BCUT2D eigenvalue weighted by Gasteiger charge is 2.19. The Balaban J connectivity index is 2.41. The normalized spacial score (nSPS) is 11.2. The SMILES string of the molecule is Nc1cccc(S(=O)(=O)Nc2cnccn2)c1Cl. The lowest BCUT2D eigenvalue weighted by Gasteiger charge is -2.09. The van der Waals surface area contributed by atoms with E-state index in [0.717, 1.165) is 0 Å². The molecule has 0 aliphatic rings. The second-order valence-electron chi connectivity index (χ2n) is 3.36. The molecule has 0 bridgehead atoms. The minimum atomic E-state index is -3.83. The summed E-state index contributed by atoms with van der Waals surface area (Å²) in [5.41, 5.74) is 5.75. The van der Waals surface area contributed by atoms with Gasteiger partial charge in [-0.25, -0.2) is 13.4 Å². The number of benzene rings is 1. The molecule has 3 N–H and O–H groups in total. The summed E-state index contributed by atoms with van der Waals surface area (Å²) >= 11 is 5.86. The predicted molar refractivity (Wildman–Crippen MR) is 68.7 cm³/mol. The molecule has 0 fully saturated rings. The number of nitrogen functional groups attached to an aromatic ring is 1. The molecule has 1 aromatic carbocycles. The Hall–Kier alpha value is -1.86. The molecule has 1 aromatic heterocycles. The van der Waals surface area contributed by atoms with E-state index in [4.69, 9.17) is 17.3 Å². The quantitative estimate of drug-likeness (QED) is 0.833. The van der Waals surface area contributed by atoms with Gasteiger partial charge in [0, 0.05) is 12.4 Å². The molecule has 0 saturated carbocycles. The first-order valence-electron chi connectivity index (χ1n) is 4.83. The van der Waals surface area contributed by atoms with E-state index in [9.17, 15) is 8.42 Å². The van der Waals surface area contributed by atoms with Gasteiger partial charge in [-0.2, -0.15) is 0 Å². The van der Waals surface area contributed by atoms with Gasteiger partial charge in [0.05, 0.1) is 16.9 Å². The average Bonchev–Trinajstić information content (AvgIpc) is 2.33. The minimum Gasteiger partial charge on any atom is -0.397 e. The molecule has 18 heavy (non-hydrogen) atoms. The number of nitrogens with zero attached hydrogens (tertiary/aromatic N) is 2. The highest BCUT2D eigenvalue weighted by Crippen LogP contribution is 2.27. The molecule has 0 saturated heterocycles. The van der Waals surface area contributed by atoms with Gasteiger partial charge in [0.15, 0.2) is 5.82 Å². The summed E-state index contributed by atoms with van der Waals surface area (Å²) in [6.07, 6.45) is 4.10. The first-order chi connectivity index (χ1) is 8.50. The van der Waals surface area contributed by atoms with Gasteiger partial charge in [0.2, 0.25) is 0 Å². The van der Waals surface area contributed by atoms with Crippen molar-refractivity contribution < 1.29 is 8.42 Å². The highest BCUT2D eigenvalue weighted by atomic mass is 35.5. The van der Waals surface area contributed by atoms with Crippen molar-refractivity contribution >= 4 is 33.1 Å². The van der Waals surface area contributed by atoms with Gasteiger partial charge in [-0.05, 0) is 12.1 Å². The Morgan fingerprint density at radius 3 is 2.72 bits per heavy atom. The average molecular weight is 285 g/mol. The van der Waals surface area contributed by atoms with E-state index in [2.05, 4.69) is 14.7 Å². The second-order valence-corrected chi connectivity index (χ2v) is 5.38. The largest absolute Gasteiger partial charge is 0.397 e. The van der Waals surface area contributed by atoms with Crippen molar-refractivity contribution in [3.8, 4) is 0 Å². The van der Waals surface area contributed by atoms with Crippen molar-refractivity contribution in [3.63, 3.8) is 0 Å². The molecule has 0 unspecified atom stereocenters. The summed E-state index contributed by atoms with van der Waals surface area (Å²) in [4.78, 5) is 7.47. The van der Waals surface area contributed by atoms with E-state index in [1.165, 1.54) is 36.8 Å². The first kappa shape index (κ1) is 12.6. The van der Waals surface area contributed by atoms with Gasteiger partial charge in [-0.1, -0.05) is 17.7 Å². The number of hydrogen-bond acceptors (Lipinski definition) is 5. The minimum absolute atomic E-state index is 0.0195. The van der Waals surface area contributed by atoms with Crippen molar-refractivity contribution in [2.45, 2.75) is 4.90 Å². The monoisotopic (exact) mass is 284 g/mol. The van der Waals surface area contributed by atoms with Crippen LogP contribution in [0.3, 0.4) is 0 Å². The Labute approximate surface area is 109 Å². The van der Waals surface area contributed by atoms with E-state index in [1.54, 1.807) is 0 Å². The predicted octanol–water partition coefficient (Wildman–Crippen LogP) is 1.51. The second kappa shape index (κ2) is 4.79. The third kappa shape index (κ3) is 2.52. The first-order valence-corrected chi connectivity index (χ1v) is 6.69. The molecule has 0 aliphatic heterocycles. The van der Waals surface area contributed by atoms with Crippen LogP contribution >= 0.6 is 11.6 Å². The fraction of sp³-hybridized carbons (Fsp3) is 0. The smallest absolute Gasteiger partial charge is 0.264 e. The summed E-state index contributed by atoms with van der Waals surface area (Å²) < 4.78 is 26.4. The Kier molecular flexibility index (Phi) is 3.35. The zero-order chi connectivity index (χ0) is 13.2. The van der Waals surface area contributed by atoms with Gasteiger partial charge in [0.25, 0.3) is 10.0 Å². The van der Waals surface area contributed by atoms with Crippen molar-refractivity contribution in [1.29, 1.82) is 0 Å². The fourth-order valence-electron chi connectivity index (χ4n) is 1.28. The number of anilines is 2. The topological polar surface area (TPSA) is 98.0 Å². The van der Waals surface area contributed by atoms with Crippen molar-refractivity contribution in [2.24, 2.45) is 0 Å². The fourth-order valence-corrected chi connectivity index (χ4v) is 2.81. The molecular weight excluding hydrogens is 276 g/mol. The highest BCUT2D eigenvalue weighted by molar-refractivity contribution is 7.92. The van der Waals surface area contributed by atoms with Gasteiger partial charge in [0.1, 0.15) is 4.90 Å². The van der Waals surface area contributed by atoms with Crippen LogP contribution in [0, 0.1) is 0 Å². The van der Waals surface area contributed by atoms with Crippen LogP contribution in [0.2, 0.25) is 5.02 Å². The molecule has 2 aromatic rings. The molecule has 94 valence electrons. The van der Waals surface area contributed by atoms with E-state index < -0.39 is 10.0 Å². The number of hydrogen-bond donors (Lipinski definition) is 2. The molecule has 2 rings (SSSR count). The maximum absolute atomic E-state index is 12.1. The molecule has 6 nitrogen and oxygen atoms in total. The van der Waals surface area contributed by atoms with Crippen LogP contribution in [0.1, 0.15) is 0 Å². The molecule has 8 heteroatoms. The summed E-state index contributed by atoms with van der Waals surface area (Å²) in [6, 6.07) is 4.38. The lowest BCUT2D eigenvalue weighted by atomic mass is 10.3. The maximum Gasteiger partial charge on any atom is 0.264 e. The Morgan fingerprint density at radius 1 is 1.28 bits per heavy atom. The molecule has 0 atom stereocenters. The molecule has 0 spiro atoms. The number of rotatable bonds is 3. The Bertz CT molecular complexity index is 661. The van der Waals surface area contributed by atoms with Gasteiger partial charge in [-0.3, -0.25) is 9.71 Å². The number of nitrogens with one attached hydrogen (secondary N) is 1. The van der Waals surface area contributed by atoms with E-state index >= 15 is 0 Å². The maximum atomic E-state index is 12.1. The van der Waals surface area contributed by atoms with Crippen molar-refractivity contribution in [1.82, 2.24) is 9.97 Å². The van der Waals surface area contributed by atoms with E-state index in [-0.39, 0.29) is 21.4 Å². The van der Waals surface area contributed by atoms with Crippen LogP contribution in [0.4, 0.5) is 11.5 Å². The van der Waals surface area contributed by atoms with Gasteiger partial charge >= 0.3 is 0 Å². The van der Waals surface area contributed by atoms with Gasteiger partial charge in [-0.15, -0.1) is 0 Å². The summed E-state index contributed by atoms with van der Waals surface area (Å²) in [5, 5.41) is -0.0195. The van der Waals surface area contributed by atoms with Crippen LogP contribution < -0.4 is 10.5 Å². The van der Waals surface area contributed by atoms with E-state index in [1.807, 2.05) is 0 Å². The molecule has 1 heterocycles. The lowest BCUT2D eigenvalue weighted by molar-refractivity contribution is 0.601. The number of nitrogens with two attached hydrogens (primary N) is 1. The zero-order valence-electron chi connectivity index (χ0n) is 9.04. The van der Waals surface area contributed by atoms with Crippen LogP contribution in [0.25, 0.3) is 0 Å². The van der Waals surface area contributed by atoms with Crippen LogP contribution in [0.5, 0.6) is 0 Å². The Morgan fingerprint density at radius 2 is 2.06 bits per heavy atom. The number of sulfonamides is 1. The van der Waals surface area contributed by atoms with Crippen LogP contribution in [0.15, 0.2) is 41.7 Å². The summed E-state index contributed by atoms with van der Waals surface area (Å²) in [6.45, 7) is 0. The third-order valence-corrected chi connectivity index (χ3v) is 4.02. The summed E-state index contributed by atoms with van der Waals surface area (Å²) in [5.74, 6) is 0.107. The molecule has 0 radical (unpaired) electrons. The zero-order valence-corrected chi connectivity index (χ0v) is 10.6. The number of halogens is 1.